The van der Waals surface area contributed by atoms with E-state index in [1.165, 1.54) is 11.6 Å². The number of likely N-dealkylation sites (N-methyl/N-ethyl adjacent to an activating group) is 1. The van der Waals surface area contributed by atoms with Crippen molar-refractivity contribution in [2.75, 3.05) is 30.3 Å². The summed E-state index contributed by atoms with van der Waals surface area (Å²) in [5.41, 5.74) is 2.52. The molecule has 2 aromatic rings. The third kappa shape index (κ3) is 4.64. The summed E-state index contributed by atoms with van der Waals surface area (Å²) in [5.74, 6) is -0.396. The van der Waals surface area contributed by atoms with Crippen LogP contribution in [0.15, 0.2) is 53.4 Å². The number of benzene rings is 2. The van der Waals surface area contributed by atoms with Gasteiger partial charge in [0.1, 0.15) is 0 Å². The highest BCUT2D eigenvalue weighted by molar-refractivity contribution is 7.91. The lowest BCUT2D eigenvalue weighted by molar-refractivity contribution is 0.0951. The van der Waals surface area contributed by atoms with Gasteiger partial charge in [-0.2, -0.15) is 0 Å². The summed E-state index contributed by atoms with van der Waals surface area (Å²) >= 11 is 0. The molecular weight excluding hydrogens is 348 g/mol. The summed E-state index contributed by atoms with van der Waals surface area (Å²) in [6, 6.07) is 14.5. The van der Waals surface area contributed by atoms with Gasteiger partial charge in [0.2, 0.25) is 0 Å². The lowest BCUT2D eigenvalue weighted by Gasteiger charge is -2.25. The fourth-order valence-corrected chi connectivity index (χ4v) is 3.94. The molecule has 0 fully saturated rings. The number of nitrogens with one attached hydrogen (secondary N) is 1. The van der Waals surface area contributed by atoms with E-state index >= 15 is 0 Å². The Hall–Kier alpha value is -2.34. The number of sulfone groups is 1. The van der Waals surface area contributed by atoms with E-state index in [1.54, 1.807) is 25.1 Å². The molecule has 0 unspecified atom stereocenters. The summed E-state index contributed by atoms with van der Waals surface area (Å²) < 4.78 is 24.4. The van der Waals surface area contributed by atoms with E-state index in [4.69, 9.17) is 0 Å². The van der Waals surface area contributed by atoms with Gasteiger partial charge in [0.05, 0.1) is 16.2 Å². The minimum atomic E-state index is -3.44. The number of amides is 1. The van der Waals surface area contributed by atoms with Crippen LogP contribution in [0.25, 0.3) is 0 Å². The number of hydrogen-bond donors (Lipinski definition) is 1. The van der Waals surface area contributed by atoms with Crippen molar-refractivity contribution in [1.29, 1.82) is 0 Å². The number of carbonyl (C=O) groups excluding carboxylic acids is 1. The standard InChI is InChI=1S/C20H26N2O3S/c1-4-22(18-12-8-6-10-16(18)3)15-14-21-20(23)17-11-7-9-13-19(17)26(24,25)5-2/h6-13H,4-5,14-15H2,1-3H3,(H,21,23). The topological polar surface area (TPSA) is 66.5 Å². The average molecular weight is 375 g/mol. The highest BCUT2D eigenvalue weighted by Gasteiger charge is 2.20. The Bertz CT molecular complexity index is 863. The van der Waals surface area contributed by atoms with Crippen LogP contribution >= 0.6 is 0 Å². The van der Waals surface area contributed by atoms with Crippen molar-refractivity contribution in [1.82, 2.24) is 5.32 Å². The third-order valence-electron chi connectivity index (χ3n) is 4.35. The Balaban J connectivity index is 2.07. The molecule has 0 heterocycles. The molecule has 26 heavy (non-hydrogen) atoms. The first-order valence-electron chi connectivity index (χ1n) is 8.81. The summed E-state index contributed by atoms with van der Waals surface area (Å²) in [4.78, 5) is 14.8. The van der Waals surface area contributed by atoms with Gasteiger partial charge < -0.3 is 10.2 Å². The van der Waals surface area contributed by atoms with Crippen LogP contribution in [0, 0.1) is 6.92 Å². The number of rotatable bonds is 8. The fourth-order valence-electron chi connectivity index (χ4n) is 2.85. The fraction of sp³-hybridized carbons (Fsp3) is 0.350. The molecule has 0 bridgehead atoms. The van der Waals surface area contributed by atoms with Crippen LogP contribution in [0.3, 0.4) is 0 Å². The first-order valence-corrected chi connectivity index (χ1v) is 10.5. The van der Waals surface area contributed by atoms with Crippen LogP contribution in [-0.4, -0.2) is 39.7 Å². The molecule has 0 spiro atoms. The minimum absolute atomic E-state index is 0.0335. The maximum Gasteiger partial charge on any atom is 0.252 e. The molecule has 2 aromatic carbocycles. The predicted octanol–water partition coefficient (Wildman–Crippen LogP) is 3.04. The molecule has 0 aromatic heterocycles. The van der Waals surface area contributed by atoms with E-state index < -0.39 is 9.84 Å². The Morgan fingerprint density at radius 1 is 1.04 bits per heavy atom. The lowest BCUT2D eigenvalue weighted by Crippen LogP contribution is -2.35. The second-order valence-electron chi connectivity index (χ2n) is 6.02. The number of hydrogen-bond acceptors (Lipinski definition) is 4. The van der Waals surface area contributed by atoms with Crippen molar-refractivity contribution in [3.8, 4) is 0 Å². The minimum Gasteiger partial charge on any atom is -0.370 e. The van der Waals surface area contributed by atoms with Gasteiger partial charge in [-0.15, -0.1) is 0 Å². The van der Waals surface area contributed by atoms with Gasteiger partial charge in [0, 0.05) is 25.3 Å². The zero-order valence-corrected chi connectivity index (χ0v) is 16.3. The van der Waals surface area contributed by atoms with Gasteiger partial charge in [-0.05, 0) is 37.6 Å². The summed E-state index contributed by atoms with van der Waals surface area (Å²) in [7, 11) is -3.44. The monoisotopic (exact) mass is 374 g/mol. The average Bonchev–Trinajstić information content (AvgIpc) is 2.66. The second kappa shape index (κ2) is 8.85. The van der Waals surface area contributed by atoms with Crippen molar-refractivity contribution in [3.63, 3.8) is 0 Å². The Morgan fingerprint density at radius 2 is 1.69 bits per heavy atom. The smallest absolute Gasteiger partial charge is 0.252 e. The van der Waals surface area contributed by atoms with Crippen LogP contribution in [0.2, 0.25) is 0 Å². The molecule has 0 radical (unpaired) electrons. The Morgan fingerprint density at radius 3 is 2.35 bits per heavy atom. The highest BCUT2D eigenvalue weighted by Crippen LogP contribution is 2.19. The summed E-state index contributed by atoms with van der Waals surface area (Å²) in [5, 5.41) is 2.84. The molecular formula is C20H26N2O3S. The highest BCUT2D eigenvalue weighted by atomic mass is 32.2. The van der Waals surface area contributed by atoms with Gasteiger partial charge in [0.15, 0.2) is 9.84 Å². The van der Waals surface area contributed by atoms with E-state index in [0.717, 1.165) is 12.2 Å². The van der Waals surface area contributed by atoms with E-state index in [0.29, 0.717) is 13.1 Å². The van der Waals surface area contributed by atoms with Crippen molar-refractivity contribution < 1.29 is 13.2 Å². The summed E-state index contributed by atoms with van der Waals surface area (Å²) in [6.07, 6.45) is 0. The van der Waals surface area contributed by atoms with Crippen LogP contribution in [0.1, 0.15) is 29.8 Å². The van der Waals surface area contributed by atoms with Crippen LogP contribution in [0.4, 0.5) is 5.69 Å². The van der Waals surface area contributed by atoms with Gasteiger partial charge in [-0.1, -0.05) is 37.3 Å². The number of carbonyl (C=O) groups is 1. The zero-order valence-electron chi connectivity index (χ0n) is 15.5. The van der Waals surface area contributed by atoms with E-state index in [-0.39, 0.29) is 22.1 Å². The molecule has 0 atom stereocenters. The molecule has 5 nitrogen and oxygen atoms in total. The summed E-state index contributed by atoms with van der Waals surface area (Å²) in [6.45, 7) is 7.60. The van der Waals surface area contributed by atoms with Gasteiger partial charge >= 0.3 is 0 Å². The van der Waals surface area contributed by atoms with E-state index in [1.807, 2.05) is 12.1 Å². The van der Waals surface area contributed by atoms with Crippen molar-refractivity contribution in [3.05, 3.63) is 59.7 Å². The van der Waals surface area contributed by atoms with Crippen molar-refractivity contribution >= 4 is 21.4 Å². The second-order valence-corrected chi connectivity index (χ2v) is 8.27. The van der Waals surface area contributed by atoms with Crippen molar-refractivity contribution in [2.24, 2.45) is 0 Å². The van der Waals surface area contributed by atoms with Gasteiger partial charge in [0.25, 0.3) is 5.91 Å². The number of anilines is 1. The first kappa shape index (κ1) is 20.0. The molecule has 1 N–H and O–H groups in total. The van der Waals surface area contributed by atoms with Crippen molar-refractivity contribution in [2.45, 2.75) is 25.7 Å². The van der Waals surface area contributed by atoms with Gasteiger partial charge in [-0.25, -0.2) is 8.42 Å². The third-order valence-corrected chi connectivity index (χ3v) is 6.14. The number of nitrogens with zero attached hydrogens (tertiary/aromatic N) is 1. The number of para-hydroxylation sites is 1. The molecule has 2 rings (SSSR count). The molecule has 6 heteroatoms. The van der Waals surface area contributed by atoms with Crippen LogP contribution < -0.4 is 10.2 Å². The molecule has 0 saturated heterocycles. The zero-order chi connectivity index (χ0) is 19.2. The van der Waals surface area contributed by atoms with Crippen LogP contribution in [0.5, 0.6) is 0 Å². The maximum atomic E-state index is 12.5. The Kier molecular flexibility index (Phi) is 6.80. The quantitative estimate of drug-likeness (QED) is 0.771. The van der Waals surface area contributed by atoms with Gasteiger partial charge in [-0.3, -0.25) is 4.79 Å². The molecule has 0 aliphatic heterocycles. The molecule has 1 amide bonds. The maximum absolute atomic E-state index is 12.5. The number of aryl methyl sites for hydroxylation is 1. The lowest BCUT2D eigenvalue weighted by atomic mass is 10.2. The molecule has 140 valence electrons. The SMILES string of the molecule is CCN(CCNC(=O)c1ccccc1S(=O)(=O)CC)c1ccccc1C. The predicted molar refractivity (Wildman–Crippen MR) is 106 cm³/mol. The normalized spacial score (nSPS) is 11.2. The van der Waals surface area contributed by atoms with E-state index in [9.17, 15) is 13.2 Å². The molecule has 0 aliphatic rings. The van der Waals surface area contributed by atoms with E-state index in [2.05, 4.69) is 36.2 Å². The van der Waals surface area contributed by atoms with Crippen LogP contribution in [-0.2, 0) is 9.84 Å². The largest absolute Gasteiger partial charge is 0.370 e. The molecule has 0 saturated carbocycles. The Labute approximate surface area is 156 Å². The molecule has 0 aliphatic carbocycles. The first-order chi connectivity index (χ1) is 12.4.